The molecule has 34 heavy (non-hydrogen) atoms. The van der Waals surface area contributed by atoms with E-state index >= 15 is 0 Å². The summed E-state index contributed by atoms with van der Waals surface area (Å²) in [6.07, 6.45) is 4.80. The van der Waals surface area contributed by atoms with Crippen molar-refractivity contribution in [3.8, 4) is 5.75 Å². The fourth-order valence-corrected chi connectivity index (χ4v) is 3.94. The zero-order chi connectivity index (χ0) is 22.9. The van der Waals surface area contributed by atoms with Gasteiger partial charge in [-0.3, -0.25) is 14.7 Å². The third-order valence-electron chi connectivity index (χ3n) is 5.98. The van der Waals surface area contributed by atoms with Crippen LogP contribution in [0.4, 0.5) is 0 Å². The maximum atomic E-state index is 11.8. The van der Waals surface area contributed by atoms with Gasteiger partial charge in [0.15, 0.2) is 12.6 Å². The van der Waals surface area contributed by atoms with Crippen LogP contribution < -0.4 is 20.7 Å². The van der Waals surface area contributed by atoms with Crippen molar-refractivity contribution in [3.63, 3.8) is 0 Å². The number of hydrogen-bond acceptors (Lipinski definition) is 4. The van der Waals surface area contributed by atoms with E-state index in [0.717, 1.165) is 30.9 Å². The van der Waals surface area contributed by atoms with Gasteiger partial charge in [0.05, 0.1) is 0 Å². The molecule has 4 rings (SSSR count). The minimum Gasteiger partial charge on any atom is -0.484 e. The zero-order valence-electron chi connectivity index (χ0n) is 19.9. The normalized spacial score (nSPS) is 16.0. The highest BCUT2D eigenvalue weighted by Crippen LogP contribution is 2.19. The predicted octanol–water partition coefficient (Wildman–Crippen LogP) is 3.42. The molecule has 2 aromatic carbocycles. The van der Waals surface area contributed by atoms with Gasteiger partial charge in [0, 0.05) is 32.7 Å². The number of hydrogen-bond donors (Lipinski definition) is 3. The molecule has 1 aliphatic carbocycles. The summed E-state index contributed by atoms with van der Waals surface area (Å²) in [7, 11) is 1.77. The number of carbonyl (C=O) groups is 1. The molecule has 0 atom stereocenters. The van der Waals surface area contributed by atoms with Crippen molar-refractivity contribution in [1.29, 1.82) is 0 Å². The molecule has 3 N–H and O–H groups in total. The van der Waals surface area contributed by atoms with E-state index in [9.17, 15) is 4.79 Å². The van der Waals surface area contributed by atoms with Crippen molar-refractivity contribution >= 4 is 35.8 Å². The van der Waals surface area contributed by atoms with Crippen LogP contribution in [0.1, 0.15) is 42.4 Å². The second kappa shape index (κ2) is 13.5. The lowest BCUT2D eigenvalue weighted by atomic mass is 10.1. The summed E-state index contributed by atoms with van der Waals surface area (Å²) < 4.78 is 5.64. The number of amides is 1. The second-order valence-corrected chi connectivity index (χ2v) is 8.86. The van der Waals surface area contributed by atoms with Crippen LogP contribution in [0, 0.1) is 0 Å². The van der Waals surface area contributed by atoms with E-state index in [1.807, 2.05) is 24.3 Å². The largest absolute Gasteiger partial charge is 0.484 e. The fourth-order valence-electron chi connectivity index (χ4n) is 3.94. The Hall–Kier alpha value is -2.33. The average Bonchev–Trinajstić information content (AvgIpc) is 3.50. The van der Waals surface area contributed by atoms with Gasteiger partial charge in [-0.05, 0) is 67.6 Å². The summed E-state index contributed by atoms with van der Waals surface area (Å²) in [5.74, 6) is 1.37. The summed E-state index contributed by atoms with van der Waals surface area (Å²) in [6, 6.07) is 16.9. The quantitative estimate of drug-likeness (QED) is 0.229. The first kappa shape index (κ1) is 26.3. The van der Waals surface area contributed by atoms with E-state index in [1.54, 1.807) is 7.05 Å². The van der Waals surface area contributed by atoms with E-state index < -0.39 is 0 Å². The molecular formula is C26H36IN5O2. The molecule has 1 saturated carbocycles. The topological polar surface area (TPSA) is 78.0 Å². The van der Waals surface area contributed by atoms with Crippen molar-refractivity contribution in [1.82, 2.24) is 20.9 Å². The molecule has 0 radical (unpaired) electrons. The van der Waals surface area contributed by atoms with Crippen LogP contribution in [-0.2, 0) is 24.4 Å². The minimum absolute atomic E-state index is 0. The Balaban J connectivity index is 0.00000324. The molecule has 1 heterocycles. The number of aliphatic imine (C=N–C) groups is 1. The lowest BCUT2D eigenvalue weighted by Crippen LogP contribution is -2.36. The molecule has 2 aromatic rings. The van der Waals surface area contributed by atoms with Gasteiger partial charge in [-0.2, -0.15) is 0 Å². The van der Waals surface area contributed by atoms with Crippen molar-refractivity contribution in [2.75, 3.05) is 26.7 Å². The van der Waals surface area contributed by atoms with Gasteiger partial charge in [0.25, 0.3) is 5.91 Å². The van der Waals surface area contributed by atoms with Crippen molar-refractivity contribution < 1.29 is 9.53 Å². The highest BCUT2D eigenvalue weighted by Gasteiger charge is 2.23. The van der Waals surface area contributed by atoms with Crippen LogP contribution in [0.15, 0.2) is 53.5 Å². The number of ether oxygens (including phenoxy) is 1. The molecule has 0 bridgehead atoms. The molecule has 0 unspecified atom stereocenters. The molecule has 1 amide bonds. The van der Waals surface area contributed by atoms with Gasteiger partial charge in [-0.25, -0.2) is 0 Å². The van der Waals surface area contributed by atoms with Crippen LogP contribution >= 0.6 is 24.0 Å². The van der Waals surface area contributed by atoms with Crippen LogP contribution in [0.25, 0.3) is 0 Å². The first-order valence-corrected chi connectivity index (χ1v) is 11.9. The number of carbonyl (C=O) groups excluding carboxylic acids is 1. The summed E-state index contributed by atoms with van der Waals surface area (Å²) in [6.45, 7) is 4.85. The molecule has 7 nitrogen and oxygen atoms in total. The average molecular weight is 578 g/mol. The molecule has 8 heteroatoms. The van der Waals surface area contributed by atoms with Crippen molar-refractivity contribution in [2.45, 2.75) is 51.4 Å². The number of nitrogens with one attached hydrogen (secondary N) is 3. The molecule has 2 aliphatic rings. The van der Waals surface area contributed by atoms with E-state index in [-0.39, 0.29) is 36.5 Å². The summed E-state index contributed by atoms with van der Waals surface area (Å²) >= 11 is 0. The fraction of sp³-hybridized carbons (Fsp3) is 0.462. The lowest BCUT2D eigenvalue weighted by Gasteiger charge is -2.15. The molecule has 184 valence electrons. The molecule has 0 spiro atoms. The Morgan fingerprint density at radius 2 is 1.68 bits per heavy atom. The molecule has 2 fully saturated rings. The van der Waals surface area contributed by atoms with Crippen molar-refractivity contribution in [2.24, 2.45) is 4.99 Å². The Kier molecular flexibility index (Phi) is 10.5. The number of guanidine groups is 1. The Bertz CT molecular complexity index is 940. The summed E-state index contributed by atoms with van der Waals surface area (Å²) in [5, 5.41) is 9.64. The van der Waals surface area contributed by atoms with Crippen LogP contribution in [0.5, 0.6) is 5.75 Å². The molecule has 1 saturated heterocycles. The Labute approximate surface area is 219 Å². The summed E-state index contributed by atoms with van der Waals surface area (Å²) in [4.78, 5) is 18.7. The maximum Gasteiger partial charge on any atom is 0.258 e. The minimum atomic E-state index is -0.0605. The third-order valence-corrected chi connectivity index (χ3v) is 5.98. The Morgan fingerprint density at radius 3 is 2.35 bits per heavy atom. The monoisotopic (exact) mass is 577 g/mol. The SMILES string of the molecule is CN=C(NCc1ccc(CN2CCCC2)cc1)NCc1cccc(OCC(=O)NC2CC2)c1.I. The second-order valence-electron chi connectivity index (χ2n) is 8.86. The van der Waals surface area contributed by atoms with Gasteiger partial charge in [0.2, 0.25) is 0 Å². The predicted molar refractivity (Wildman–Crippen MR) is 147 cm³/mol. The van der Waals surface area contributed by atoms with Gasteiger partial charge in [-0.15, -0.1) is 24.0 Å². The standard InChI is InChI=1S/C26H35N5O2.HI/c1-27-26(28-16-20-7-9-21(10-8-20)18-31-13-2-3-14-31)29-17-22-5-4-6-24(15-22)33-19-25(32)30-23-11-12-23;/h4-10,15,23H,2-3,11-14,16-19H2,1H3,(H,30,32)(H2,27,28,29);1H. The van der Waals surface area contributed by atoms with Gasteiger partial charge in [-0.1, -0.05) is 36.4 Å². The van der Waals surface area contributed by atoms with Crippen molar-refractivity contribution in [3.05, 3.63) is 65.2 Å². The summed E-state index contributed by atoms with van der Waals surface area (Å²) in [5.41, 5.74) is 3.66. The van der Waals surface area contributed by atoms with Crippen LogP contribution in [0.3, 0.4) is 0 Å². The first-order valence-electron chi connectivity index (χ1n) is 11.9. The van der Waals surface area contributed by atoms with Gasteiger partial charge < -0.3 is 20.7 Å². The number of rotatable bonds is 10. The zero-order valence-corrected chi connectivity index (χ0v) is 22.2. The van der Waals surface area contributed by atoms with Crippen LogP contribution in [0.2, 0.25) is 0 Å². The highest BCUT2D eigenvalue weighted by molar-refractivity contribution is 14.0. The Morgan fingerprint density at radius 1 is 1.00 bits per heavy atom. The smallest absolute Gasteiger partial charge is 0.258 e. The molecular weight excluding hydrogens is 541 g/mol. The molecule has 1 aliphatic heterocycles. The highest BCUT2D eigenvalue weighted by atomic mass is 127. The van der Waals surface area contributed by atoms with E-state index in [1.165, 1.54) is 37.1 Å². The number of nitrogens with zero attached hydrogens (tertiary/aromatic N) is 2. The third kappa shape index (κ3) is 8.79. The van der Waals surface area contributed by atoms with E-state index in [2.05, 4.69) is 50.1 Å². The maximum absolute atomic E-state index is 11.8. The van der Waals surface area contributed by atoms with Gasteiger partial charge in [0.1, 0.15) is 5.75 Å². The van der Waals surface area contributed by atoms with E-state index in [4.69, 9.17) is 4.74 Å². The molecule has 0 aromatic heterocycles. The van der Waals surface area contributed by atoms with Gasteiger partial charge >= 0.3 is 0 Å². The number of likely N-dealkylation sites (tertiary alicyclic amines) is 1. The number of halogens is 1. The lowest BCUT2D eigenvalue weighted by molar-refractivity contribution is -0.123. The first-order chi connectivity index (χ1) is 16.2. The number of benzene rings is 2. The van der Waals surface area contributed by atoms with E-state index in [0.29, 0.717) is 24.9 Å². The van der Waals surface area contributed by atoms with Crippen LogP contribution in [-0.4, -0.2) is 49.6 Å².